The first-order valence-corrected chi connectivity index (χ1v) is 18.5. The molecule has 4 bridgehead atoms. The number of carbonyl (C=O) groups excluding carboxylic acids is 4. The number of anilines is 1. The predicted octanol–water partition coefficient (Wildman–Crippen LogP) is 4.86. The molecule has 3 aliphatic rings. The first-order valence-electron chi connectivity index (χ1n) is 17.7. The summed E-state index contributed by atoms with van der Waals surface area (Å²) >= 11 is 11.3. The lowest BCUT2D eigenvalue weighted by Gasteiger charge is -2.42. The van der Waals surface area contributed by atoms with Gasteiger partial charge < -0.3 is 38.6 Å². The van der Waals surface area contributed by atoms with Gasteiger partial charge >= 0.3 is 12.1 Å². The molecule has 2 unspecified atom stereocenters. The third kappa shape index (κ3) is 9.88. The minimum absolute atomic E-state index is 0.0524. The van der Waals surface area contributed by atoms with E-state index in [2.05, 4.69) is 17.9 Å². The van der Waals surface area contributed by atoms with Crippen molar-refractivity contribution in [1.29, 1.82) is 0 Å². The van der Waals surface area contributed by atoms with Crippen molar-refractivity contribution in [2.75, 3.05) is 39.8 Å². The van der Waals surface area contributed by atoms with E-state index in [1.54, 1.807) is 52.1 Å². The number of likely N-dealkylation sites (N-methyl/N-ethyl adjacent to an activating group) is 1. The number of fused-ring (bicyclic) bond motifs is 5. The lowest BCUT2D eigenvalue weighted by molar-refractivity contribution is -0.160. The Kier molecular flexibility index (Phi) is 13.3. The van der Waals surface area contributed by atoms with Crippen molar-refractivity contribution in [2.45, 2.75) is 108 Å². The average molecular weight is 780 g/mol. The monoisotopic (exact) mass is 779 g/mol. The van der Waals surface area contributed by atoms with Crippen LogP contribution in [-0.2, 0) is 39.8 Å². The molecular weight excluding hydrogens is 726 g/mol. The van der Waals surface area contributed by atoms with Gasteiger partial charge in [0.1, 0.15) is 41.2 Å². The van der Waals surface area contributed by atoms with Crippen molar-refractivity contribution < 1.29 is 48.0 Å². The van der Waals surface area contributed by atoms with Crippen molar-refractivity contribution in [3.05, 3.63) is 46.5 Å². The summed E-state index contributed by atoms with van der Waals surface area (Å²) in [6.07, 6.45) is 1.90. The fourth-order valence-electron chi connectivity index (χ4n) is 7.12. The molecule has 1 aromatic carbocycles. The number of thiol groups is 1. The molecule has 0 aliphatic carbocycles. The second-order valence-electron chi connectivity index (χ2n) is 15.3. The number of ether oxygens (including phenoxy) is 5. The normalized spacial score (nSPS) is 32.3. The smallest absolute Gasteiger partial charge is 0.409 e. The maximum Gasteiger partial charge on any atom is 0.409 e. The van der Waals surface area contributed by atoms with Crippen LogP contribution >= 0.6 is 24.2 Å². The SMILES string of the molecule is COc1cc2cc(c1Cl)N(C)C(=O)C(C)[C@H](OC(=O)CN(C)C(=O)CCC(C)(C)S)[C@]1(C)O[C@H]1[C@H](C)C1C[C@@](O)(NC(=O)O1)[C@H](OC)/C=C/C=C(\C)C2. The maximum atomic E-state index is 14.4. The Morgan fingerprint density at radius 3 is 2.53 bits per heavy atom. The maximum absolute atomic E-state index is 14.4. The second kappa shape index (κ2) is 16.6. The molecule has 13 nitrogen and oxygen atoms in total. The fraction of sp³-hybridized carbons (Fsp3) is 0.632. The van der Waals surface area contributed by atoms with Crippen LogP contribution in [-0.4, -0.2) is 109 Å². The number of allylic oxidation sites excluding steroid dienone is 3. The van der Waals surface area contributed by atoms with Crippen LogP contribution in [0.1, 0.15) is 66.4 Å². The number of nitrogens with one attached hydrogen (secondary N) is 1. The summed E-state index contributed by atoms with van der Waals surface area (Å²) in [5.41, 5.74) is -0.936. The Morgan fingerprint density at radius 2 is 1.91 bits per heavy atom. The largest absolute Gasteiger partial charge is 0.495 e. The summed E-state index contributed by atoms with van der Waals surface area (Å²) in [5.74, 6) is -2.57. The van der Waals surface area contributed by atoms with Crippen LogP contribution in [0.25, 0.3) is 0 Å². The molecule has 0 aromatic heterocycles. The Balaban J connectivity index is 1.76. The van der Waals surface area contributed by atoms with E-state index in [1.807, 2.05) is 26.8 Å². The second-order valence-corrected chi connectivity index (χ2v) is 16.9. The number of alkyl carbamates (subject to hydrolysis) is 1. The quantitative estimate of drug-likeness (QED) is 0.189. The molecule has 2 N–H and O–H groups in total. The van der Waals surface area contributed by atoms with Gasteiger partial charge in [0.05, 0.1) is 24.8 Å². The average Bonchev–Trinajstić information content (AvgIpc) is 3.77. The van der Waals surface area contributed by atoms with Gasteiger partial charge in [0, 0.05) is 44.7 Å². The number of benzene rings is 1. The fourth-order valence-corrected chi connectivity index (χ4v) is 7.54. The number of carbonyl (C=O) groups is 4. The minimum Gasteiger partial charge on any atom is -0.495 e. The molecule has 53 heavy (non-hydrogen) atoms. The Labute approximate surface area is 322 Å². The number of rotatable bonds is 8. The molecule has 3 amide bonds. The number of halogens is 1. The van der Waals surface area contributed by atoms with Crippen LogP contribution in [0.15, 0.2) is 35.9 Å². The molecule has 15 heteroatoms. The molecule has 1 aromatic rings. The van der Waals surface area contributed by atoms with Gasteiger partial charge in [-0.05, 0) is 51.3 Å². The van der Waals surface area contributed by atoms with E-state index in [-0.39, 0.29) is 35.1 Å². The zero-order valence-corrected chi connectivity index (χ0v) is 33.9. The van der Waals surface area contributed by atoms with E-state index in [0.29, 0.717) is 24.3 Å². The first-order chi connectivity index (χ1) is 24.6. The Hall–Kier alpha value is -3.30. The molecule has 0 spiro atoms. The lowest BCUT2D eigenvalue weighted by atomic mass is 9.81. The molecule has 8 atom stereocenters. The van der Waals surface area contributed by atoms with Crippen molar-refractivity contribution in [3.63, 3.8) is 0 Å². The molecular formula is C38H54ClN3O10S. The van der Waals surface area contributed by atoms with Gasteiger partial charge in [0.15, 0.2) is 5.72 Å². The van der Waals surface area contributed by atoms with Gasteiger partial charge in [-0.3, -0.25) is 19.7 Å². The molecule has 2 saturated heterocycles. The van der Waals surface area contributed by atoms with Crippen LogP contribution in [0.3, 0.4) is 0 Å². The molecule has 4 rings (SSSR count). The van der Waals surface area contributed by atoms with Crippen LogP contribution < -0.4 is 15.0 Å². The summed E-state index contributed by atoms with van der Waals surface area (Å²) in [5, 5.41) is 14.5. The highest BCUT2D eigenvalue weighted by molar-refractivity contribution is 7.81. The van der Waals surface area contributed by atoms with Crippen LogP contribution in [0.2, 0.25) is 5.02 Å². The predicted molar refractivity (Wildman–Crippen MR) is 203 cm³/mol. The van der Waals surface area contributed by atoms with E-state index >= 15 is 0 Å². The highest BCUT2D eigenvalue weighted by Gasteiger charge is 2.66. The van der Waals surface area contributed by atoms with Crippen LogP contribution in [0.5, 0.6) is 5.75 Å². The van der Waals surface area contributed by atoms with E-state index in [1.165, 1.54) is 31.1 Å². The zero-order chi connectivity index (χ0) is 39.6. The number of methoxy groups -OCH3 is 2. The number of hydrogen-bond donors (Lipinski definition) is 3. The Bertz CT molecular complexity index is 1630. The zero-order valence-electron chi connectivity index (χ0n) is 32.2. The number of epoxide rings is 1. The van der Waals surface area contributed by atoms with Gasteiger partial charge in [-0.15, -0.1) is 0 Å². The molecule has 0 saturated carbocycles. The summed E-state index contributed by atoms with van der Waals surface area (Å²) in [6, 6.07) is 3.59. The van der Waals surface area contributed by atoms with E-state index in [4.69, 9.17) is 35.3 Å². The molecule has 2 fully saturated rings. The van der Waals surface area contributed by atoms with Crippen LogP contribution in [0.4, 0.5) is 10.5 Å². The van der Waals surface area contributed by atoms with Crippen molar-refractivity contribution in [2.24, 2.45) is 11.8 Å². The summed E-state index contributed by atoms with van der Waals surface area (Å²) in [4.78, 5) is 56.4. The number of hydrogen-bond acceptors (Lipinski definition) is 11. The highest BCUT2D eigenvalue weighted by Crippen LogP contribution is 2.50. The van der Waals surface area contributed by atoms with E-state index in [0.717, 1.165) is 11.1 Å². The van der Waals surface area contributed by atoms with Gasteiger partial charge in [0.25, 0.3) is 0 Å². The van der Waals surface area contributed by atoms with Gasteiger partial charge in [-0.25, -0.2) is 4.79 Å². The lowest BCUT2D eigenvalue weighted by Crippen LogP contribution is -2.63. The van der Waals surface area contributed by atoms with Crippen molar-refractivity contribution in [3.8, 4) is 5.75 Å². The third-order valence-corrected chi connectivity index (χ3v) is 10.9. The standard InChI is InChI=1S/C38H54ClN3O10S/c1-21-12-11-13-28(49-10)38(47)19-27(50-35(46)40-38)22(2)33-37(6,52-33)32(51-30(44)20-41(7)29(43)14-15-36(4,5)53)23(3)34(45)42(8)25-17-24(16-21)18-26(48-9)31(25)39/h11-13,17-18,22-23,27-28,32-33,47,53H,14-16,19-20H2,1-10H3,(H,40,46)/b13-11+,21-12+/t22-,23?,27?,28-,32+,33+,37+,38+/m1/s1. The van der Waals surface area contributed by atoms with Gasteiger partial charge in [0.2, 0.25) is 11.8 Å². The third-order valence-electron chi connectivity index (χ3n) is 10.3. The number of amides is 3. The van der Waals surface area contributed by atoms with E-state index < -0.39 is 65.5 Å². The number of nitrogens with zero attached hydrogens (tertiary/aromatic N) is 2. The highest BCUT2D eigenvalue weighted by atomic mass is 35.5. The van der Waals surface area contributed by atoms with Crippen molar-refractivity contribution >= 4 is 53.8 Å². The Morgan fingerprint density at radius 1 is 1.23 bits per heavy atom. The number of esters is 1. The van der Waals surface area contributed by atoms with E-state index in [9.17, 15) is 24.3 Å². The number of aliphatic hydroxyl groups is 1. The van der Waals surface area contributed by atoms with Gasteiger partial charge in [-0.2, -0.15) is 12.6 Å². The topological polar surface area (TPSA) is 156 Å². The summed E-state index contributed by atoms with van der Waals surface area (Å²) in [6.45, 7) is 10.5. The molecule has 294 valence electrons. The van der Waals surface area contributed by atoms with Gasteiger partial charge in [-0.1, -0.05) is 56.2 Å². The van der Waals surface area contributed by atoms with Crippen molar-refractivity contribution in [1.82, 2.24) is 10.2 Å². The minimum atomic E-state index is -1.83. The van der Waals surface area contributed by atoms with Crippen LogP contribution in [0, 0.1) is 11.8 Å². The molecule has 3 aliphatic heterocycles. The molecule has 3 heterocycles. The molecule has 0 radical (unpaired) electrons. The summed E-state index contributed by atoms with van der Waals surface area (Å²) < 4.78 is 28.9. The summed E-state index contributed by atoms with van der Waals surface area (Å²) in [7, 11) is 6.02. The first kappa shape index (κ1) is 42.4.